The number of ether oxygens (including phenoxy) is 1. The van der Waals surface area contributed by atoms with Crippen molar-refractivity contribution in [3.8, 4) is 5.75 Å². The summed E-state index contributed by atoms with van der Waals surface area (Å²) in [7, 11) is -3.12. The maximum atomic E-state index is 13.2. The smallest absolute Gasteiger partial charge is 0.255 e. The SMILES string of the molecule is CCCCOc1cccc(N2C(=NC(=O)[C@H](CC)c3ccccc3)S[C@@H]3CS(=O)(=O)C[C@H]32)c1. The molecule has 8 heteroatoms. The van der Waals surface area contributed by atoms with E-state index in [2.05, 4.69) is 11.9 Å². The summed E-state index contributed by atoms with van der Waals surface area (Å²) in [5.74, 6) is 0.378. The van der Waals surface area contributed by atoms with E-state index in [1.165, 1.54) is 11.8 Å². The molecule has 4 rings (SSSR count). The predicted molar refractivity (Wildman–Crippen MR) is 135 cm³/mol. The molecule has 176 valence electrons. The van der Waals surface area contributed by atoms with Crippen LogP contribution in [-0.4, -0.2) is 48.9 Å². The van der Waals surface area contributed by atoms with Crippen molar-refractivity contribution < 1.29 is 17.9 Å². The Labute approximate surface area is 200 Å². The second kappa shape index (κ2) is 10.3. The van der Waals surface area contributed by atoms with Crippen molar-refractivity contribution in [1.82, 2.24) is 0 Å². The third kappa shape index (κ3) is 5.44. The van der Waals surface area contributed by atoms with Crippen molar-refractivity contribution in [3.63, 3.8) is 0 Å². The molecule has 0 N–H and O–H groups in total. The average molecular weight is 487 g/mol. The van der Waals surface area contributed by atoms with E-state index in [0.717, 1.165) is 29.8 Å². The van der Waals surface area contributed by atoms with Gasteiger partial charge < -0.3 is 9.64 Å². The van der Waals surface area contributed by atoms with E-state index in [1.807, 2.05) is 66.4 Å². The summed E-state index contributed by atoms with van der Waals surface area (Å²) >= 11 is 1.40. The topological polar surface area (TPSA) is 76.0 Å². The first-order valence-electron chi connectivity index (χ1n) is 11.5. The zero-order valence-electron chi connectivity index (χ0n) is 19.0. The van der Waals surface area contributed by atoms with Gasteiger partial charge in [-0.15, -0.1) is 0 Å². The minimum Gasteiger partial charge on any atom is -0.494 e. The molecule has 0 unspecified atom stereocenters. The molecule has 2 saturated heterocycles. The Morgan fingerprint density at radius 1 is 1.15 bits per heavy atom. The Morgan fingerprint density at radius 3 is 2.67 bits per heavy atom. The zero-order chi connectivity index (χ0) is 23.4. The van der Waals surface area contributed by atoms with E-state index in [9.17, 15) is 13.2 Å². The Kier molecular flexibility index (Phi) is 7.44. The van der Waals surface area contributed by atoms with Crippen LogP contribution in [-0.2, 0) is 14.6 Å². The summed E-state index contributed by atoms with van der Waals surface area (Å²) in [6, 6.07) is 17.1. The lowest BCUT2D eigenvalue weighted by atomic mass is 9.96. The summed E-state index contributed by atoms with van der Waals surface area (Å²) in [5.41, 5.74) is 1.75. The van der Waals surface area contributed by atoms with Gasteiger partial charge in [0.15, 0.2) is 15.0 Å². The van der Waals surface area contributed by atoms with E-state index in [1.54, 1.807) is 0 Å². The fourth-order valence-corrected chi connectivity index (χ4v) is 8.25. The van der Waals surface area contributed by atoms with Gasteiger partial charge in [0.2, 0.25) is 0 Å². The number of carbonyl (C=O) groups excluding carboxylic acids is 1. The number of aliphatic imine (C=N–C) groups is 1. The van der Waals surface area contributed by atoms with Crippen LogP contribution in [0.1, 0.15) is 44.6 Å². The van der Waals surface area contributed by atoms with E-state index < -0.39 is 9.84 Å². The zero-order valence-corrected chi connectivity index (χ0v) is 20.6. The highest BCUT2D eigenvalue weighted by Gasteiger charge is 2.49. The van der Waals surface area contributed by atoms with Crippen LogP contribution < -0.4 is 9.64 Å². The van der Waals surface area contributed by atoms with Gasteiger partial charge in [-0.25, -0.2) is 8.42 Å². The number of thioether (sulfide) groups is 1. The lowest BCUT2D eigenvalue weighted by molar-refractivity contribution is -0.119. The first-order chi connectivity index (χ1) is 15.9. The largest absolute Gasteiger partial charge is 0.494 e. The number of fused-ring (bicyclic) bond motifs is 1. The molecule has 2 aromatic carbocycles. The molecule has 0 bridgehead atoms. The number of hydrogen-bond donors (Lipinski definition) is 0. The summed E-state index contributed by atoms with van der Waals surface area (Å²) in [6.45, 7) is 4.72. The standard InChI is InChI=1S/C25H30N2O4S2/c1-3-5-14-31-20-13-9-12-19(15-20)27-22-16-33(29,30)17-23(22)32-25(27)26-24(28)21(4-2)18-10-7-6-8-11-18/h6-13,15,21-23H,3-5,14,16-17H2,1-2H3/t21-,22-,23-/m1/s1. The number of amidine groups is 1. The fourth-order valence-electron chi connectivity index (χ4n) is 4.33. The number of anilines is 1. The Hall–Kier alpha value is -2.32. The monoisotopic (exact) mass is 486 g/mol. The number of hydrogen-bond acceptors (Lipinski definition) is 5. The van der Waals surface area contributed by atoms with Crippen LogP contribution in [0.25, 0.3) is 0 Å². The second-order valence-corrected chi connectivity index (χ2v) is 11.8. The van der Waals surface area contributed by atoms with Crippen LogP contribution in [0.2, 0.25) is 0 Å². The molecular weight excluding hydrogens is 456 g/mol. The molecule has 2 fully saturated rings. The minimum atomic E-state index is -3.12. The second-order valence-electron chi connectivity index (χ2n) is 8.47. The van der Waals surface area contributed by atoms with Gasteiger partial charge in [-0.2, -0.15) is 4.99 Å². The number of sulfone groups is 1. The Balaban J connectivity index is 1.66. The number of rotatable bonds is 8. The first kappa shape index (κ1) is 23.8. The molecule has 2 aliphatic rings. The van der Waals surface area contributed by atoms with Crippen LogP contribution in [0, 0.1) is 0 Å². The summed E-state index contributed by atoms with van der Waals surface area (Å²) in [4.78, 5) is 19.7. The lowest BCUT2D eigenvalue weighted by Crippen LogP contribution is -2.37. The van der Waals surface area contributed by atoms with Crippen molar-refractivity contribution in [2.24, 2.45) is 4.99 Å². The third-order valence-corrected chi connectivity index (χ3v) is 9.25. The molecule has 0 aromatic heterocycles. The highest BCUT2D eigenvalue weighted by molar-refractivity contribution is 8.16. The highest BCUT2D eigenvalue weighted by atomic mass is 32.2. The van der Waals surface area contributed by atoms with Crippen molar-refractivity contribution in [1.29, 1.82) is 0 Å². The number of amides is 1. The number of nitrogens with zero attached hydrogens (tertiary/aromatic N) is 2. The molecule has 0 saturated carbocycles. The molecule has 1 amide bonds. The molecule has 33 heavy (non-hydrogen) atoms. The maximum absolute atomic E-state index is 13.2. The molecule has 2 aromatic rings. The van der Waals surface area contributed by atoms with Crippen LogP contribution in [0.15, 0.2) is 59.6 Å². The van der Waals surface area contributed by atoms with Crippen molar-refractivity contribution >= 4 is 38.4 Å². The first-order valence-corrected chi connectivity index (χ1v) is 14.2. The van der Waals surface area contributed by atoms with Crippen molar-refractivity contribution in [2.75, 3.05) is 23.0 Å². The van der Waals surface area contributed by atoms with Crippen LogP contribution in [0.4, 0.5) is 5.69 Å². The molecule has 0 spiro atoms. The van der Waals surface area contributed by atoms with Crippen molar-refractivity contribution in [3.05, 3.63) is 60.2 Å². The van der Waals surface area contributed by atoms with Gasteiger partial charge in [0.25, 0.3) is 5.91 Å². The molecule has 2 heterocycles. The Bertz CT molecular complexity index is 1120. The predicted octanol–water partition coefficient (Wildman–Crippen LogP) is 4.66. The lowest BCUT2D eigenvalue weighted by Gasteiger charge is -2.25. The number of carbonyl (C=O) groups is 1. The third-order valence-electron chi connectivity index (χ3n) is 6.04. The molecule has 3 atom stereocenters. The van der Waals surface area contributed by atoms with E-state index in [0.29, 0.717) is 18.2 Å². The van der Waals surface area contributed by atoms with Gasteiger partial charge in [0.1, 0.15) is 5.75 Å². The van der Waals surface area contributed by atoms with Gasteiger partial charge in [-0.3, -0.25) is 4.79 Å². The van der Waals surface area contributed by atoms with Crippen molar-refractivity contribution in [2.45, 2.75) is 50.3 Å². The minimum absolute atomic E-state index is 0.0642. The van der Waals surface area contributed by atoms with E-state index >= 15 is 0 Å². The summed E-state index contributed by atoms with van der Waals surface area (Å²) < 4.78 is 30.6. The number of benzene rings is 2. The van der Waals surface area contributed by atoms with Crippen LogP contribution in [0.5, 0.6) is 5.75 Å². The summed E-state index contributed by atoms with van der Waals surface area (Å²) in [5, 5.41) is 0.438. The Morgan fingerprint density at radius 2 is 1.94 bits per heavy atom. The normalized spacial score (nSPS) is 23.5. The quantitative estimate of drug-likeness (QED) is 0.505. The maximum Gasteiger partial charge on any atom is 0.255 e. The average Bonchev–Trinajstić information content (AvgIpc) is 3.26. The van der Waals surface area contributed by atoms with E-state index in [4.69, 9.17) is 4.74 Å². The molecule has 0 aliphatic carbocycles. The number of unbranched alkanes of at least 4 members (excludes halogenated alkanes) is 1. The van der Waals surface area contributed by atoms with Gasteiger partial charge in [-0.05, 0) is 30.5 Å². The van der Waals surface area contributed by atoms with Gasteiger partial charge >= 0.3 is 0 Å². The summed E-state index contributed by atoms with van der Waals surface area (Å²) in [6.07, 6.45) is 2.65. The van der Waals surface area contributed by atoms with Gasteiger partial charge in [0, 0.05) is 17.0 Å². The molecule has 2 aliphatic heterocycles. The molecular formula is C25H30N2O4S2. The molecule has 0 radical (unpaired) electrons. The highest BCUT2D eigenvalue weighted by Crippen LogP contribution is 2.42. The van der Waals surface area contributed by atoms with Crippen LogP contribution in [0.3, 0.4) is 0 Å². The van der Waals surface area contributed by atoms with Crippen LogP contribution >= 0.6 is 11.8 Å². The molecule has 6 nitrogen and oxygen atoms in total. The van der Waals surface area contributed by atoms with Gasteiger partial charge in [0.05, 0.1) is 30.1 Å². The fraction of sp³-hybridized carbons (Fsp3) is 0.440. The van der Waals surface area contributed by atoms with Gasteiger partial charge in [-0.1, -0.05) is 68.4 Å². The van der Waals surface area contributed by atoms with E-state index in [-0.39, 0.29) is 34.6 Å².